The van der Waals surface area contributed by atoms with Crippen molar-refractivity contribution in [2.75, 3.05) is 14.2 Å². The van der Waals surface area contributed by atoms with E-state index in [1.807, 2.05) is 6.92 Å². The third-order valence-electron chi connectivity index (χ3n) is 4.29. The lowest BCUT2D eigenvalue weighted by atomic mass is 10.2. The van der Waals surface area contributed by atoms with Crippen molar-refractivity contribution in [1.82, 2.24) is 19.7 Å². The fraction of sp³-hybridized carbons (Fsp3) is 0.421. The van der Waals surface area contributed by atoms with Gasteiger partial charge in [-0.05, 0) is 12.5 Å². The van der Waals surface area contributed by atoms with E-state index < -0.39 is 5.97 Å². The van der Waals surface area contributed by atoms with Crippen molar-refractivity contribution in [3.63, 3.8) is 0 Å². The smallest absolute Gasteiger partial charge is 0.306 e. The summed E-state index contributed by atoms with van der Waals surface area (Å²) in [6.45, 7) is 2.16. The molecule has 0 amide bonds. The first kappa shape index (κ1) is 20.3. The minimum absolute atomic E-state index is 0.0645. The summed E-state index contributed by atoms with van der Waals surface area (Å²) in [7, 11) is 3.02. The van der Waals surface area contributed by atoms with Gasteiger partial charge in [-0.1, -0.05) is 12.1 Å². The largest absolute Gasteiger partial charge is 0.493 e. The van der Waals surface area contributed by atoms with Gasteiger partial charge in [-0.15, -0.1) is 0 Å². The summed E-state index contributed by atoms with van der Waals surface area (Å²) in [6, 6.07) is 3.25. The number of carbonyl (C=O) groups is 1. The van der Waals surface area contributed by atoms with Crippen molar-refractivity contribution in [3.05, 3.63) is 40.5 Å². The van der Waals surface area contributed by atoms with Gasteiger partial charge in [-0.3, -0.25) is 14.2 Å². The van der Waals surface area contributed by atoms with Crippen LogP contribution in [0.5, 0.6) is 11.5 Å². The number of fused-ring (bicyclic) bond motifs is 1. The molecule has 0 fully saturated rings. The van der Waals surface area contributed by atoms with Gasteiger partial charge in [0.1, 0.15) is 0 Å². The van der Waals surface area contributed by atoms with E-state index in [-0.39, 0.29) is 24.5 Å². The molecule has 0 bridgehead atoms. The van der Waals surface area contributed by atoms with Gasteiger partial charge in [0.25, 0.3) is 11.4 Å². The van der Waals surface area contributed by atoms with E-state index in [0.717, 1.165) is 0 Å². The number of rotatable bonds is 9. The molecule has 29 heavy (non-hydrogen) atoms. The number of benzene rings is 1. The van der Waals surface area contributed by atoms with Crippen LogP contribution < -0.4 is 15.0 Å². The van der Waals surface area contributed by atoms with Gasteiger partial charge < -0.3 is 18.7 Å². The Hall–Kier alpha value is -3.43. The van der Waals surface area contributed by atoms with Gasteiger partial charge in [-0.25, -0.2) is 4.98 Å². The summed E-state index contributed by atoms with van der Waals surface area (Å²) < 4.78 is 22.0. The van der Waals surface area contributed by atoms with Crippen LogP contribution in [-0.4, -0.2) is 39.9 Å². The second kappa shape index (κ2) is 9.18. The van der Waals surface area contributed by atoms with E-state index in [1.54, 1.807) is 12.1 Å². The number of methoxy groups -OCH3 is 2. The highest BCUT2D eigenvalue weighted by molar-refractivity contribution is 5.81. The molecule has 2 heterocycles. The molecular formula is C19H22N4O6. The Morgan fingerprint density at radius 2 is 1.97 bits per heavy atom. The highest BCUT2D eigenvalue weighted by atomic mass is 16.6. The Morgan fingerprint density at radius 3 is 2.66 bits per heavy atom. The second-order valence-corrected chi connectivity index (χ2v) is 6.19. The van der Waals surface area contributed by atoms with Crippen LogP contribution in [0.1, 0.15) is 31.5 Å². The SMILES string of the molecule is CCc1noc(COC(=O)CCCn2cnc3cc(OC)c(OC)cc3c2=O)n1. The molecule has 0 aliphatic carbocycles. The Kier molecular flexibility index (Phi) is 6.43. The van der Waals surface area contributed by atoms with Gasteiger partial charge in [0.2, 0.25) is 0 Å². The third-order valence-corrected chi connectivity index (χ3v) is 4.29. The molecule has 3 rings (SSSR count). The quantitative estimate of drug-likeness (QED) is 0.494. The minimum Gasteiger partial charge on any atom is -0.493 e. The number of hydrogen-bond donors (Lipinski definition) is 0. The van der Waals surface area contributed by atoms with E-state index in [2.05, 4.69) is 15.1 Å². The number of hydrogen-bond acceptors (Lipinski definition) is 9. The molecule has 0 saturated carbocycles. The van der Waals surface area contributed by atoms with Gasteiger partial charge in [0.15, 0.2) is 23.9 Å². The fourth-order valence-corrected chi connectivity index (χ4v) is 2.75. The van der Waals surface area contributed by atoms with E-state index in [9.17, 15) is 9.59 Å². The van der Waals surface area contributed by atoms with Crippen LogP contribution in [0, 0.1) is 0 Å². The first-order valence-corrected chi connectivity index (χ1v) is 9.14. The van der Waals surface area contributed by atoms with Gasteiger partial charge >= 0.3 is 5.97 Å². The molecular weight excluding hydrogens is 380 g/mol. The summed E-state index contributed by atoms with van der Waals surface area (Å²) in [4.78, 5) is 32.9. The van der Waals surface area contributed by atoms with Gasteiger partial charge in [0, 0.05) is 25.5 Å². The highest BCUT2D eigenvalue weighted by Gasteiger charge is 2.12. The minimum atomic E-state index is -0.408. The predicted octanol–water partition coefficient (Wildman–Crippen LogP) is 1.88. The number of nitrogens with zero attached hydrogens (tertiary/aromatic N) is 4. The zero-order chi connectivity index (χ0) is 20.8. The van der Waals surface area contributed by atoms with Crippen LogP contribution in [0.25, 0.3) is 10.9 Å². The summed E-state index contributed by atoms with van der Waals surface area (Å²) in [6.07, 6.45) is 2.66. The maximum Gasteiger partial charge on any atom is 0.306 e. The second-order valence-electron chi connectivity index (χ2n) is 6.19. The topological polar surface area (TPSA) is 119 Å². The predicted molar refractivity (Wildman–Crippen MR) is 102 cm³/mol. The lowest BCUT2D eigenvalue weighted by molar-refractivity contribution is -0.145. The monoisotopic (exact) mass is 402 g/mol. The normalized spacial score (nSPS) is 10.9. The van der Waals surface area contributed by atoms with E-state index in [1.165, 1.54) is 25.1 Å². The van der Waals surface area contributed by atoms with Crippen molar-refractivity contribution >= 4 is 16.9 Å². The molecule has 0 N–H and O–H groups in total. The molecule has 0 unspecified atom stereocenters. The summed E-state index contributed by atoms with van der Waals surface area (Å²) in [5, 5.41) is 4.15. The zero-order valence-electron chi connectivity index (χ0n) is 16.5. The fourth-order valence-electron chi connectivity index (χ4n) is 2.75. The maximum atomic E-state index is 12.7. The molecule has 154 valence electrons. The molecule has 10 nitrogen and oxygen atoms in total. The third kappa shape index (κ3) is 4.71. The van der Waals surface area contributed by atoms with Crippen LogP contribution in [0.15, 0.2) is 27.8 Å². The van der Waals surface area contributed by atoms with Crippen LogP contribution in [0.3, 0.4) is 0 Å². The molecule has 0 spiro atoms. The Balaban J connectivity index is 1.59. The maximum absolute atomic E-state index is 12.7. The molecule has 0 radical (unpaired) electrons. The molecule has 0 atom stereocenters. The van der Waals surface area contributed by atoms with Crippen molar-refractivity contribution < 1.29 is 23.5 Å². The molecule has 2 aromatic heterocycles. The lowest BCUT2D eigenvalue weighted by Crippen LogP contribution is -2.21. The lowest BCUT2D eigenvalue weighted by Gasteiger charge is -2.10. The average molecular weight is 402 g/mol. The van der Waals surface area contributed by atoms with Crippen molar-refractivity contribution in [1.29, 1.82) is 0 Å². The molecule has 1 aromatic carbocycles. The number of esters is 1. The summed E-state index contributed by atoms with van der Waals surface area (Å²) in [5.41, 5.74) is 0.289. The van der Waals surface area contributed by atoms with Crippen LogP contribution >= 0.6 is 0 Å². The Labute approximate surface area is 166 Å². The van der Waals surface area contributed by atoms with Crippen molar-refractivity contribution in [2.24, 2.45) is 0 Å². The van der Waals surface area contributed by atoms with Gasteiger partial charge in [-0.2, -0.15) is 4.98 Å². The average Bonchev–Trinajstić information content (AvgIpc) is 3.21. The van der Waals surface area contributed by atoms with Crippen molar-refractivity contribution in [2.45, 2.75) is 39.3 Å². The number of carbonyl (C=O) groups excluding carboxylic acids is 1. The Morgan fingerprint density at radius 1 is 1.21 bits per heavy atom. The van der Waals surface area contributed by atoms with E-state index in [0.29, 0.717) is 47.6 Å². The highest BCUT2D eigenvalue weighted by Crippen LogP contribution is 2.29. The number of ether oxygens (including phenoxy) is 3. The first-order valence-electron chi connectivity index (χ1n) is 9.14. The Bertz CT molecular complexity index is 1060. The summed E-state index contributed by atoms with van der Waals surface area (Å²) >= 11 is 0. The van der Waals surface area contributed by atoms with Crippen molar-refractivity contribution in [3.8, 4) is 11.5 Å². The van der Waals surface area contributed by atoms with E-state index >= 15 is 0 Å². The standard InChI is InChI=1S/C19H22N4O6/c1-4-16-21-17(29-22-16)10-28-18(24)6-5-7-23-11-20-13-9-15(27-3)14(26-2)8-12(13)19(23)25/h8-9,11H,4-7,10H2,1-3H3. The van der Waals surface area contributed by atoms with Crippen LogP contribution in [0.4, 0.5) is 0 Å². The molecule has 3 aromatic rings. The van der Waals surface area contributed by atoms with Crippen LogP contribution in [-0.2, 0) is 29.1 Å². The molecule has 10 heteroatoms. The molecule has 0 saturated heterocycles. The van der Waals surface area contributed by atoms with E-state index in [4.69, 9.17) is 18.7 Å². The number of aryl methyl sites for hydroxylation is 2. The molecule has 0 aliphatic heterocycles. The van der Waals surface area contributed by atoms with Crippen LogP contribution in [0.2, 0.25) is 0 Å². The first-order chi connectivity index (χ1) is 14.0. The zero-order valence-corrected chi connectivity index (χ0v) is 16.5. The molecule has 0 aliphatic rings. The summed E-state index contributed by atoms with van der Waals surface area (Å²) in [5.74, 6) is 1.37. The number of aromatic nitrogens is 4. The van der Waals surface area contributed by atoms with Gasteiger partial charge in [0.05, 0.1) is 31.4 Å².